The van der Waals surface area contributed by atoms with E-state index in [9.17, 15) is 26.4 Å². The van der Waals surface area contributed by atoms with Crippen molar-refractivity contribution >= 4 is 31.4 Å². The van der Waals surface area contributed by atoms with Crippen molar-refractivity contribution in [3.8, 4) is 0 Å². The number of hydrogen-bond acceptors (Lipinski definition) is 6. The van der Waals surface area contributed by atoms with Gasteiger partial charge in [0.2, 0.25) is 0 Å². The van der Waals surface area contributed by atoms with E-state index >= 15 is 0 Å². The Labute approximate surface area is 172 Å². The van der Waals surface area contributed by atoms with E-state index in [4.69, 9.17) is 0 Å². The van der Waals surface area contributed by atoms with Crippen LogP contribution in [0.2, 0.25) is 0 Å². The Kier molecular flexibility index (Phi) is 5.55. The molecule has 3 rings (SSSR count). The van der Waals surface area contributed by atoms with Gasteiger partial charge >= 0.3 is 5.69 Å². The summed E-state index contributed by atoms with van der Waals surface area (Å²) in [7, 11) is -5.69. The lowest BCUT2D eigenvalue weighted by Gasteiger charge is -2.11. The zero-order chi connectivity index (χ0) is 22.1. The number of benzene rings is 2. The average molecular weight is 450 g/mol. The Balaban J connectivity index is 1.87. The van der Waals surface area contributed by atoms with Gasteiger partial charge in [0.25, 0.3) is 25.6 Å². The summed E-state index contributed by atoms with van der Waals surface area (Å²) in [6.45, 7) is 0. The molecule has 12 heteroatoms. The smallest absolute Gasteiger partial charge is 0.302 e. The third-order valence-electron chi connectivity index (χ3n) is 4.15. The highest BCUT2D eigenvalue weighted by atomic mass is 32.2. The first-order valence-corrected chi connectivity index (χ1v) is 11.5. The average Bonchev–Trinajstić information content (AvgIpc) is 2.69. The fourth-order valence-corrected chi connectivity index (χ4v) is 4.87. The highest BCUT2D eigenvalue weighted by Crippen LogP contribution is 2.19. The summed E-state index contributed by atoms with van der Waals surface area (Å²) in [4.78, 5) is 23.2. The van der Waals surface area contributed by atoms with Gasteiger partial charge in [0.05, 0.1) is 4.90 Å². The first-order chi connectivity index (χ1) is 14.0. The Hall–Kier alpha value is -3.38. The number of nitrogens with one attached hydrogen (secondary N) is 2. The minimum absolute atomic E-state index is 0.0459. The van der Waals surface area contributed by atoms with Crippen LogP contribution in [0.25, 0.3) is 0 Å². The number of aromatic nitrogens is 2. The van der Waals surface area contributed by atoms with E-state index in [2.05, 4.69) is 9.44 Å². The van der Waals surface area contributed by atoms with Crippen LogP contribution in [0, 0.1) is 0 Å². The first kappa shape index (κ1) is 21.3. The molecule has 1 heterocycles. The molecule has 0 saturated carbocycles. The van der Waals surface area contributed by atoms with Crippen LogP contribution in [-0.4, -0.2) is 26.0 Å². The monoisotopic (exact) mass is 450 g/mol. The molecule has 0 fully saturated rings. The summed E-state index contributed by atoms with van der Waals surface area (Å²) in [6, 6.07) is 13.2. The van der Waals surface area contributed by atoms with Crippen LogP contribution in [0.15, 0.2) is 80.2 Å². The van der Waals surface area contributed by atoms with Crippen LogP contribution in [0.3, 0.4) is 0 Å². The van der Waals surface area contributed by atoms with Crippen molar-refractivity contribution in [2.75, 3.05) is 9.44 Å². The Bertz CT molecular complexity index is 1410. The Morgan fingerprint density at radius 1 is 0.733 bits per heavy atom. The number of sulfonamides is 2. The molecule has 3 aromatic rings. The molecule has 0 unspecified atom stereocenters. The fraction of sp³-hybridized carbons (Fsp3) is 0.111. The van der Waals surface area contributed by atoms with Crippen molar-refractivity contribution in [2.45, 2.75) is 9.79 Å². The van der Waals surface area contributed by atoms with Crippen molar-refractivity contribution in [3.05, 3.63) is 81.6 Å². The van der Waals surface area contributed by atoms with Crippen LogP contribution in [0.1, 0.15) is 0 Å². The molecule has 0 amide bonds. The van der Waals surface area contributed by atoms with Gasteiger partial charge < -0.3 is 4.57 Å². The maximum absolute atomic E-state index is 12.6. The van der Waals surface area contributed by atoms with E-state index in [1.165, 1.54) is 38.4 Å². The molecule has 0 aliphatic carbocycles. The second kappa shape index (κ2) is 7.80. The van der Waals surface area contributed by atoms with E-state index in [-0.39, 0.29) is 10.6 Å². The fourth-order valence-electron chi connectivity index (χ4n) is 2.59. The molecule has 0 bridgehead atoms. The van der Waals surface area contributed by atoms with Gasteiger partial charge in [-0.3, -0.25) is 18.8 Å². The van der Waals surface area contributed by atoms with Crippen molar-refractivity contribution in [1.29, 1.82) is 0 Å². The van der Waals surface area contributed by atoms with E-state index in [0.29, 0.717) is 10.3 Å². The van der Waals surface area contributed by atoms with Crippen LogP contribution in [0.5, 0.6) is 0 Å². The molecule has 2 aromatic carbocycles. The van der Waals surface area contributed by atoms with Gasteiger partial charge in [0, 0.05) is 31.7 Å². The highest BCUT2D eigenvalue weighted by Gasteiger charge is 2.22. The summed E-state index contributed by atoms with van der Waals surface area (Å²) in [5.74, 6) is 0. The van der Waals surface area contributed by atoms with Crippen molar-refractivity contribution in [3.63, 3.8) is 0 Å². The van der Waals surface area contributed by atoms with Gasteiger partial charge in [-0.1, -0.05) is 18.2 Å². The summed E-state index contributed by atoms with van der Waals surface area (Å²) in [5, 5.41) is 0. The Morgan fingerprint density at radius 3 is 1.87 bits per heavy atom. The molecule has 0 spiro atoms. The standard InChI is InChI=1S/C18H18N4O6S2/c1-21-12-16(17(23)22(2)18(21)24)30(27,28)20-14-8-10-15(11-9-14)29(25,26)19-13-6-4-3-5-7-13/h3-12,19-20H,1-2H3. The molecule has 0 atom stereocenters. The van der Waals surface area contributed by atoms with Gasteiger partial charge in [-0.15, -0.1) is 0 Å². The highest BCUT2D eigenvalue weighted by molar-refractivity contribution is 7.93. The SMILES string of the molecule is Cn1cc(S(=O)(=O)Nc2ccc(S(=O)(=O)Nc3ccccc3)cc2)c(=O)n(C)c1=O. The van der Waals surface area contributed by atoms with Gasteiger partial charge in [0.15, 0.2) is 4.90 Å². The van der Waals surface area contributed by atoms with E-state index in [1.807, 2.05) is 0 Å². The lowest BCUT2D eigenvalue weighted by molar-refractivity contribution is 0.589. The largest absolute Gasteiger partial charge is 0.330 e. The zero-order valence-corrected chi connectivity index (χ0v) is 17.6. The molecule has 0 saturated heterocycles. The minimum Gasteiger partial charge on any atom is -0.302 e. The summed E-state index contributed by atoms with van der Waals surface area (Å²) in [5.41, 5.74) is -1.21. The molecule has 0 aliphatic heterocycles. The van der Waals surface area contributed by atoms with Gasteiger partial charge in [-0.05, 0) is 36.4 Å². The normalized spacial score (nSPS) is 11.8. The van der Waals surface area contributed by atoms with E-state index in [1.54, 1.807) is 30.3 Å². The molecular weight excluding hydrogens is 432 g/mol. The number of hydrogen-bond donors (Lipinski definition) is 2. The molecule has 0 aliphatic rings. The Morgan fingerprint density at radius 2 is 1.27 bits per heavy atom. The van der Waals surface area contributed by atoms with Crippen molar-refractivity contribution in [1.82, 2.24) is 9.13 Å². The predicted molar refractivity (Wildman–Crippen MR) is 111 cm³/mol. The summed E-state index contributed by atoms with van der Waals surface area (Å²) in [6.07, 6.45) is 0.926. The summed E-state index contributed by atoms with van der Waals surface area (Å²) >= 11 is 0. The van der Waals surface area contributed by atoms with Crippen molar-refractivity contribution < 1.29 is 16.8 Å². The number of para-hydroxylation sites is 1. The van der Waals surface area contributed by atoms with Gasteiger partial charge in [-0.25, -0.2) is 21.6 Å². The second-order valence-corrected chi connectivity index (χ2v) is 9.69. The number of anilines is 2. The molecule has 30 heavy (non-hydrogen) atoms. The number of aryl methyl sites for hydroxylation is 1. The van der Waals surface area contributed by atoms with Gasteiger partial charge in [-0.2, -0.15) is 0 Å². The molecular formula is C18H18N4O6S2. The first-order valence-electron chi connectivity index (χ1n) is 8.49. The predicted octanol–water partition coefficient (Wildman–Crippen LogP) is 0.686. The zero-order valence-electron chi connectivity index (χ0n) is 15.9. The molecule has 158 valence electrons. The van der Waals surface area contributed by atoms with Crippen LogP contribution in [-0.2, 0) is 34.1 Å². The van der Waals surface area contributed by atoms with Crippen LogP contribution < -0.4 is 20.7 Å². The maximum atomic E-state index is 12.6. The topological polar surface area (TPSA) is 136 Å². The van der Waals surface area contributed by atoms with Crippen molar-refractivity contribution in [2.24, 2.45) is 14.1 Å². The maximum Gasteiger partial charge on any atom is 0.330 e. The minimum atomic E-state index is -4.31. The van der Waals surface area contributed by atoms with Crippen LogP contribution in [0.4, 0.5) is 11.4 Å². The molecule has 1 aromatic heterocycles. The van der Waals surface area contributed by atoms with E-state index in [0.717, 1.165) is 10.8 Å². The summed E-state index contributed by atoms with van der Waals surface area (Å²) < 4.78 is 56.3. The van der Waals surface area contributed by atoms with Crippen LogP contribution >= 0.6 is 0 Å². The van der Waals surface area contributed by atoms with E-state index < -0.39 is 36.2 Å². The second-order valence-electron chi connectivity index (χ2n) is 6.35. The number of rotatable bonds is 6. The third kappa shape index (κ3) is 4.28. The molecule has 2 N–H and O–H groups in total. The van der Waals surface area contributed by atoms with Gasteiger partial charge in [0.1, 0.15) is 0 Å². The lowest BCUT2D eigenvalue weighted by atomic mass is 10.3. The molecule has 0 radical (unpaired) electrons. The quantitative estimate of drug-likeness (QED) is 0.567. The third-order valence-corrected chi connectivity index (χ3v) is 6.91. The number of nitrogens with zero attached hydrogens (tertiary/aromatic N) is 2. The molecule has 10 nitrogen and oxygen atoms in total. The lowest BCUT2D eigenvalue weighted by Crippen LogP contribution is -2.40.